The first-order valence-corrected chi connectivity index (χ1v) is 6.71. The molecule has 0 bridgehead atoms. The highest BCUT2D eigenvalue weighted by molar-refractivity contribution is 5.78. The summed E-state index contributed by atoms with van der Waals surface area (Å²) in [6, 6.07) is 0.634. The third kappa shape index (κ3) is 4.03. The van der Waals surface area contributed by atoms with E-state index in [4.69, 9.17) is 5.73 Å². The zero-order chi connectivity index (χ0) is 12.0. The lowest BCUT2D eigenvalue weighted by Crippen LogP contribution is -2.45. The molecule has 0 heterocycles. The van der Waals surface area contributed by atoms with Crippen molar-refractivity contribution in [3.05, 3.63) is 0 Å². The lowest BCUT2D eigenvalue weighted by molar-refractivity contribution is 0.249. The van der Waals surface area contributed by atoms with Crippen LogP contribution in [0.3, 0.4) is 0 Å². The maximum atomic E-state index is 6.08. The third-order valence-corrected chi connectivity index (χ3v) is 3.27. The Balaban J connectivity index is 2.54. The first kappa shape index (κ1) is 13.3. The van der Waals surface area contributed by atoms with Crippen LogP contribution < -0.4 is 5.73 Å². The smallest absolute Gasteiger partial charge is 0.191 e. The molecule has 0 atom stereocenters. The molecule has 0 aromatic heterocycles. The zero-order valence-corrected chi connectivity index (χ0v) is 11.1. The second-order valence-electron chi connectivity index (χ2n) is 5.17. The molecule has 0 aromatic carbocycles. The molecule has 0 unspecified atom stereocenters. The minimum Gasteiger partial charge on any atom is -0.370 e. The molecule has 94 valence electrons. The molecule has 0 aromatic rings. The van der Waals surface area contributed by atoms with Gasteiger partial charge in [0.25, 0.3) is 0 Å². The summed E-state index contributed by atoms with van der Waals surface area (Å²) >= 11 is 0. The van der Waals surface area contributed by atoms with E-state index in [0.29, 0.717) is 12.0 Å². The van der Waals surface area contributed by atoms with Crippen molar-refractivity contribution in [2.75, 3.05) is 13.1 Å². The fraction of sp³-hybridized carbons (Fsp3) is 0.923. The van der Waals surface area contributed by atoms with Crippen molar-refractivity contribution in [3.8, 4) is 0 Å². The molecule has 1 aliphatic rings. The Morgan fingerprint density at radius 3 is 2.44 bits per heavy atom. The summed E-state index contributed by atoms with van der Waals surface area (Å²) in [6.07, 6.45) is 6.64. The van der Waals surface area contributed by atoms with Gasteiger partial charge in [-0.25, -0.2) is 0 Å². The molecule has 1 fully saturated rings. The first-order chi connectivity index (χ1) is 7.65. The number of nitrogens with zero attached hydrogens (tertiary/aromatic N) is 2. The van der Waals surface area contributed by atoms with Gasteiger partial charge in [0.15, 0.2) is 5.96 Å². The normalized spacial score (nSPS) is 19.1. The van der Waals surface area contributed by atoms with Crippen LogP contribution in [0.5, 0.6) is 0 Å². The van der Waals surface area contributed by atoms with Crippen LogP contribution >= 0.6 is 0 Å². The third-order valence-electron chi connectivity index (χ3n) is 3.27. The van der Waals surface area contributed by atoms with Gasteiger partial charge in [0.05, 0.1) is 0 Å². The van der Waals surface area contributed by atoms with Crippen LogP contribution in [0.1, 0.15) is 52.9 Å². The first-order valence-electron chi connectivity index (χ1n) is 6.71. The molecular formula is C13H27N3. The molecule has 0 spiro atoms. The topological polar surface area (TPSA) is 41.6 Å². The molecule has 1 saturated carbocycles. The highest BCUT2D eigenvalue weighted by Crippen LogP contribution is 2.22. The second kappa shape index (κ2) is 6.77. The van der Waals surface area contributed by atoms with Crippen LogP contribution in [-0.4, -0.2) is 30.0 Å². The van der Waals surface area contributed by atoms with Crippen molar-refractivity contribution >= 4 is 5.96 Å². The zero-order valence-electron chi connectivity index (χ0n) is 11.1. The summed E-state index contributed by atoms with van der Waals surface area (Å²) in [5, 5.41) is 0. The Kier molecular flexibility index (Phi) is 5.64. The van der Waals surface area contributed by atoms with E-state index in [1.54, 1.807) is 0 Å². The highest BCUT2D eigenvalue weighted by atomic mass is 15.3. The van der Waals surface area contributed by atoms with Crippen LogP contribution in [0.4, 0.5) is 0 Å². The minimum atomic E-state index is 0.587. The molecule has 0 saturated heterocycles. The average molecular weight is 225 g/mol. The Bertz CT molecular complexity index is 217. The van der Waals surface area contributed by atoms with Gasteiger partial charge in [0.2, 0.25) is 0 Å². The van der Waals surface area contributed by atoms with Crippen molar-refractivity contribution in [2.45, 2.75) is 58.9 Å². The van der Waals surface area contributed by atoms with Gasteiger partial charge < -0.3 is 10.6 Å². The molecule has 1 rings (SSSR count). The number of rotatable bonds is 4. The highest BCUT2D eigenvalue weighted by Gasteiger charge is 2.21. The predicted octanol–water partition coefficient (Wildman–Crippen LogP) is 2.61. The monoisotopic (exact) mass is 225 g/mol. The van der Waals surface area contributed by atoms with E-state index in [1.807, 2.05) is 0 Å². The molecule has 16 heavy (non-hydrogen) atoms. The van der Waals surface area contributed by atoms with E-state index in [2.05, 4.69) is 30.7 Å². The summed E-state index contributed by atoms with van der Waals surface area (Å²) in [5.41, 5.74) is 6.08. The van der Waals surface area contributed by atoms with Crippen molar-refractivity contribution in [1.82, 2.24) is 4.90 Å². The van der Waals surface area contributed by atoms with E-state index in [1.165, 1.54) is 32.1 Å². The van der Waals surface area contributed by atoms with Gasteiger partial charge in [-0.15, -0.1) is 0 Å². The molecule has 3 nitrogen and oxygen atoms in total. The predicted molar refractivity (Wildman–Crippen MR) is 70.6 cm³/mol. The van der Waals surface area contributed by atoms with E-state index >= 15 is 0 Å². The summed E-state index contributed by atoms with van der Waals surface area (Å²) in [7, 11) is 0. The van der Waals surface area contributed by atoms with Crippen LogP contribution in [-0.2, 0) is 0 Å². The van der Waals surface area contributed by atoms with Crippen molar-refractivity contribution < 1.29 is 0 Å². The molecule has 0 amide bonds. The Labute approximate surface area is 100 Å². The Hall–Kier alpha value is -0.730. The molecule has 1 aliphatic carbocycles. The number of nitrogens with two attached hydrogens (primary N) is 1. The fourth-order valence-corrected chi connectivity index (χ4v) is 2.37. The van der Waals surface area contributed by atoms with Gasteiger partial charge in [-0.1, -0.05) is 33.1 Å². The molecule has 0 radical (unpaired) electrons. The number of guanidine groups is 1. The largest absolute Gasteiger partial charge is 0.370 e. The van der Waals surface area contributed by atoms with Crippen molar-refractivity contribution in [1.29, 1.82) is 0 Å². The van der Waals surface area contributed by atoms with Gasteiger partial charge in [0, 0.05) is 19.1 Å². The van der Waals surface area contributed by atoms with Crippen LogP contribution in [0.15, 0.2) is 4.99 Å². The van der Waals surface area contributed by atoms with Crippen LogP contribution in [0.2, 0.25) is 0 Å². The van der Waals surface area contributed by atoms with Gasteiger partial charge in [-0.05, 0) is 25.7 Å². The van der Waals surface area contributed by atoms with Gasteiger partial charge >= 0.3 is 0 Å². The lowest BCUT2D eigenvalue weighted by Gasteiger charge is -2.34. The number of hydrogen-bond acceptors (Lipinski definition) is 1. The van der Waals surface area contributed by atoms with Crippen LogP contribution in [0, 0.1) is 5.92 Å². The minimum absolute atomic E-state index is 0.587. The van der Waals surface area contributed by atoms with E-state index in [0.717, 1.165) is 19.0 Å². The van der Waals surface area contributed by atoms with Gasteiger partial charge in [-0.2, -0.15) is 0 Å². The summed E-state index contributed by atoms with van der Waals surface area (Å²) < 4.78 is 0. The summed E-state index contributed by atoms with van der Waals surface area (Å²) in [4.78, 5) is 6.78. The SMILES string of the molecule is CCN(C(N)=NCC(C)C)C1CCCCC1. The summed E-state index contributed by atoms with van der Waals surface area (Å²) in [5.74, 6) is 1.34. The number of hydrogen-bond donors (Lipinski definition) is 1. The second-order valence-corrected chi connectivity index (χ2v) is 5.17. The quantitative estimate of drug-likeness (QED) is 0.590. The van der Waals surface area contributed by atoms with Crippen LogP contribution in [0.25, 0.3) is 0 Å². The number of aliphatic imine (C=N–C) groups is 1. The van der Waals surface area contributed by atoms with Crippen molar-refractivity contribution in [3.63, 3.8) is 0 Å². The summed E-state index contributed by atoms with van der Waals surface area (Å²) in [6.45, 7) is 8.35. The molecule has 3 heteroatoms. The average Bonchev–Trinajstić information content (AvgIpc) is 2.29. The van der Waals surface area contributed by atoms with Gasteiger partial charge in [0.1, 0.15) is 0 Å². The fourth-order valence-electron chi connectivity index (χ4n) is 2.37. The Morgan fingerprint density at radius 2 is 1.94 bits per heavy atom. The van der Waals surface area contributed by atoms with Crippen molar-refractivity contribution in [2.24, 2.45) is 16.6 Å². The maximum Gasteiger partial charge on any atom is 0.191 e. The lowest BCUT2D eigenvalue weighted by atomic mass is 9.94. The van der Waals surface area contributed by atoms with E-state index < -0.39 is 0 Å². The van der Waals surface area contributed by atoms with Gasteiger partial charge in [-0.3, -0.25) is 4.99 Å². The molecular weight excluding hydrogens is 198 g/mol. The van der Waals surface area contributed by atoms with E-state index in [9.17, 15) is 0 Å². The molecule has 2 N–H and O–H groups in total. The standard InChI is InChI=1S/C13H27N3/c1-4-16(12-8-6-5-7-9-12)13(14)15-10-11(2)3/h11-12H,4-10H2,1-3H3,(H2,14,15). The maximum absolute atomic E-state index is 6.08. The van der Waals surface area contributed by atoms with E-state index in [-0.39, 0.29) is 0 Å². The molecule has 0 aliphatic heterocycles. The Morgan fingerprint density at radius 1 is 1.31 bits per heavy atom.